The maximum Gasteiger partial charge on any atom is 0.330 e. The predicted molar refractivity (Wildman–Crippen MR) is 71.0 cm³/mol. The highest BCUT2D eigenvalue weighted by molar-refractivity contribution is 5.81. The van der Waals surface area contributed by atoms with Crippen LogP contribution in [0.3, 0.4) is 0 Å². The molecule has 0 aromatic carbocycles. The van der Waals surface area contributed by atoms with E-state index in [1.807, 2.05) is 0 Å². The van der Waals surface area contributed by atoms with Gasteiger partial charge in [-0.15, -0.1) is 0 Å². The predicted octanol–water partition coefficient (Wildman–Crippen LogP) is 3.71. The number of esters is 1. The van der Waals surface area contributed by atoms with Crippen molar-refractivity contribution in [1.82, 2.24) is 0 Å². The molecule has 18 heavy (non-hydrogen) atoms. The Kier molecular flexibility index (Phi) is 2.31. The SMILES string of the molecule is C=CC(=O)OC12CC3CC(C)(CC(C)(C3)C1C)C2. The molecule has 4 saturated carbocycles. The molecule has 5 atom stereocenters. The molecule has 0 aliphatic heterocycles. The lowest BCUT2D eigenvalue weighted by Crippen LogP contribution is -2.64. The topological polar surface area (TPSA) is 26.3 Å². The van der Waals surface area contributed by atoms with E-state index in [9.17, 15) is 4.79 Å². The molecule has 5 unspecified atom stereocenters. The summed E-state index contributed by atoms with van der Waals surface area (Å²) >= 11 is 0. The van der Waals surface area contributed by atoms with Gasteiger partial charge < -0.3 is 4.74 Å². The second-order valence-electron chi connectivity index (χ2n) is 7.71. The van der Waals surface area contributed by atoms with Crippen LogP contribution in [-0.2, 0) is 9.53 Å². The molecular weight excluding hydrogens is 224 g/mol. The standard InChI is InChI=1S/C16H24O2/c1-5-13(17)18-16-8-12-6-14(3,10-16)9-15(4,7-12)11(16)2/h5,11-12H,1,6-10H2,2-4H3. The van der Waals surface area contributed by atoms with Gasteiger partial charge >= 0.3 is 5.97 Å². The van der Waals surface area contributed by atoms with Gasteiger partial charge in [0.25, 0.3) is 0 Å². The van der Waals surface area contributed by atoms with Gasteiger partial charge in [0, 0.05) is 12.0 Å². The molecule has 4 aliphatic carbocycles. The summed E-state index contributed by atoms with van der Waals surface area (Å²) in [5.74, 6) is 0.978. The number of hydrogen-bond acceptors (Lipinski definition) is 2. The monoisotopic (exact) mass is 248 g/mol. The van der Waals surface area contributed by atoms with Crippen molar-refractivity contribution in [2.75, 3.05) is 0 Å². The summed E-state index contributed by atoms with van der Waals surface area (Å²) in [6.07, 6.45) is 7.37. The lowest BCUT2D eigenvalue weighted by atomic mass is 9.40. The Bertz CT molecular complexity index is 415. The first kappa shape index (κ1) is 12.3. The Morgan fingerprint density at radius 3 is 2.61 bits per heavy atom. The van der Waals surface area contributed by atoms with Crippen LogP contribution in [0.15, 0.2) is 12.7 Å². The van der Waals surface area contributed by atoms with E-state index in [-0.39, 0.29) is 11.6 Å². The maximum absolute atomic E-state index is 11.7. The van der Waals surface area contributed by atoms with Gasteiger partial charge in [0.15, 0.2) is 0 Å². The minimum Gasteiger partial charge on any atom is -0.456 e. The third-order valence-corrected chi connectivity index (χ3v) is 6.03. The maximum atomic E-state index is 11.7. The molecular formula is C16H24O2. The molecule has 0 N–H and O–H groups in total. The highest BCUT2D eigenvalue weighted by atomic mass is 16.6. The normalized spacial score (nSPS) is 53.3. The van der Waals surface area contributed by atoms with Crippen LogP contribution < -0.4 is 0 Å². The lowest BCUT2D eigenvalue weighted by molar-refractivity contribution is -0.241. The van der Waals surface area contributed by atoms with E-state index in [0.717, 1.165) is 18.8 Å². The number of carbonyl (C=O) groups excluding carboxylic acids is 1. The van der Waals surface area contributed by atoms with Gasteiger partial charge in [-0.3, -0.25) is 0 Å². The molecule has 0 heterocycles. The molecule has 0 amide bonds. The van der Waals surface area contributed by atoms with Crippen molar-refractivity contribution in [3.63, 3.8) is 0 Å². The summed E-state index contributed by atoms with van der Waals surface area (Å²) in [7, 11) is 0. The molecule has 0 aromatic rings. The molecule has 100 valence electrons. The zero-order valence-corrected chi connectivity index (χ0v) is 11.8. The highest BCUT2D eigenvalue weighted by Gasteiger charge is 2.65. The van der Waals surface area contributed by atoms with E-state index in [4.69, 9.17) is 4.74 Å². The van der Waals surface area contributed by atoms with E-state index in [0.29, 0.717) is 16.7 Å². The Morgan fingerprint density at radius 1 is 1.28 bits per heavy atom. The molecule has 0 saturated heterocycles. The van der Waals surface area contributed by atoms with Crippen molar-refractivity contribution in [1.29, 1.82) is 0 Å². The molecule has 0 aromatic heterocycles. The molecule has 0 radical (unpaired) electrons. The summed E-state index contributed by atoms with van der Waals surface area (Å²) in [4.78, 5) is 11.7. The fourth-order valence-electron chi connectivity index (χ4n) is 5.81. The Labute approximate surface area is 110 Å². The first-order chi connectivity index (χ1) is 8.31. The van der Waals surface area contributed by atoms with E-state index in [1.54, 1.807) is 0 Å². The van der Waals surface area contributed by atoms with Crippen LogP contribution in [0, 0.1) is 22.7 Å². The summed E-state index contributed by atoms with van der Waals surface area (Å²) in [6, 6.07) is 0. The van der Waals surface area contributed by atoms with Gasteiger partial charge in [0.05, 0.1) is 0 Å². The average Bonchev–Trinajstić information content (AvgIpc) is 2.22. The molecule has 4 fully saturated rings. The molecule has 4 rings (SSSR count). The van der Waals surface area contributed by atoms with E-state index in [2.05, 4.69) is 27.4 Å². The average molecular weight is 248 g/mol. The number of carbonyl (C=O) groups is 1. The van der Waals surface area contributed by atoms with Crippen LogP contribution in [0.2, 0.25) is 0 Å². The minimum atomic E-state index is -0.240. The van der Waals surface area contributed by atoms with Gasteiger partial charge in [-0.25, -0.2) is 4.79 Å². The van der Waals surface area contributed by atoms with Crippen LogP contribution in [-0.4, -0.2) is 11.6 Å². The Balaban J connectivity index is 1.99. The fourth-order valence-corrected chi connectivity index (χ4v) is 5.81. The van der Waals surface area contributed by atoms with Crippen molar-refractivity contribution in [3.05, 3.63) is 12.7 Å². The molecule has 2 heteroatoms. The quantitative estimate of drug-likeness (QED) is 0.550. The van der Waals surface area contributed by atoms with Crippen molar-refractivity contribution in [3.8, 4) is 0 Å². The molecule has 0 spiro atoms. The Morgan fingerprint density at radius 2 is 2.00 bits per heavy atom. The first-order valence-corrected chi connectivity index (χ1v) is 7.16. The summed E-state index contributed by atoms with van der Waals surface area (Å²) in [5, 5.41) is 0. The van der Waals surface area contributed by atoms with Gasteiger partial charge in [-0.05, 0) is 48.9 Å². The summed E-state index contributed by atoms with van der Waals surface area (Å²) < 4.78 is 5.89. The first-order valence-electron chi connectivity index (χ1n) is 7.16. The van der Waals surface area contributed by atoms with E-state index in [1.165, 1.54) is 25.3 Å². The molecule has 4 bridgehead atoms. The van der Waals surface area contributed by atoms with Crippen molar-refractivity contribution < 1.29 is 9.53 Å². The number of ether oxygens (including phenoxy) is 1. The van der Waals surface area contributed by atoms with Gasteiger partial charge in [-0.1, -0.05) is 27.4 Å². The van der Waals surface area contributed by atoms with Gasteiger partial charge in [0.2, 0.25) is 0 Å². The molecule has 2 nitrogen and oxygen atoms in total. The van der Waals surface area contributed by atoms with Crippen LogP contribution in [0.5, 0.6) is 0 Å². The minimum absolute atomic E-state index is 0.214. The Hall–Kier alpha value is -0.790. The van der Waals surface area contributed by atoms with Gasteiger partial charge in [0.1, 0.15) is 5.60 Å². The fraction of sp³-hybridized carbons (Fsp3) is 0.812. The number of hydrogen-bond donors (Lipinski definition) is 0. The van der Waals surface area contributed by atoms with Crippen LogP contribution in [0.25, 0.3) is 0 Å². The van der Waals surface area contributed by atoms with E-state index >= 15 is 0 Å². The van der Waals surface area contributed by atoms with Crippen LogP contribution in [0.1, 0.15) is 52.9 Å². The highest BCUT2D eigenvalue weighted by Crippen LogP contribution is 2.69. The smallest absolute Gasteiger partial charge is 0.330 e. The largest absolute Gasteiger partial charge is 0.456 e. The molecule has 4 aliphatic rings. The summed E-state index contributed by atoms with van der Waals surface area (Å²) in [6.45, 7) is 10.6. The summed E-state index contributed by atoms with van der Waals surface area (Å²) in [5.41, 5.74) is 0.522. The second-order valence-corrected chi connectivity index (χ2v) is 7.71. The van der Waals surface area contributed by atoms with Crippen molar-refractivity contribution >= 4 is 5.97 Å². The van der Waals surface area contributed by atoms with Gasteiger partial charge in [-0.2, -0.15) is 0 Å². The number of rotatable bonds is 2. The third kappa shape index (κ3) is 1.50. The van der Waals surface area contributed by atoms with Crippen LogP contribution in [0.4, 0.5) is 0 Å². The van der Waals surface area contributed by atoms with E-state index < -0.39 is 0 Å². The lowest BCUT2D eigenvalue weighted by Gasteiger charge is -2.67. The zero-order chi connectivity index (χ0) is 13.2. The zero-order valence-electron chi connectivity index (χ0n) is 11.8. The van der Waals surface area contributed by atoms with Crippen LogP contribution >= 0.6 is 0 Å². The third-order valence-electron chi connectivity index (χ3n) is 6.03. The van der Waals surface area contributed by atoms with Crippen molar-refractivity contribution in [2.24, 2.45) is 22.7 Å². The van der Waals surface area contributed by atoms with Crippen molar-refractivity contribution in [2.45, 2.75) is 58.5 Å². The second kappa shape index (κ2) is 3.40.